The zero-order valence-corrected chi connectivity index (χ0v) is 24.7. The van der Waals surface area contributed by atoms with E-state index in [0.717, 1.165) is 63.5 Å². The molecule has 7 rings (SSSR count). The summed E-state index contributed by atoms with van der Waals surface area (Å²) in [5, 5.41) is 1.05. The van der Waals surface area contributed by atoms with Gasteiger partial charge in [0.1, 0.15) is 5.75 Å². The SMILES string of the molecule is CC(C)(C)c1nc(-c2ccccc2)nc2ccc3c(c12)C=CC(c1ccccc1)(c1ccc(N2CCCCC2)cc1)O3. The van der Waals surface area contributed by atoms with Gasteiger partial charge in [0.2, 0.25) is 0 Å². The third-order valence-electron chi connectivity index (χ3n) is 8.58. The van der Waals surface area contributed by atoms with Crippen LogP contribution >= 0.6 is 0 Å². The maximum absolute atomic E-state index is 7.11. The predicted molar refractivity (Wildman–Crippen MR) is 173 cm³/mol. The van der Waals surface area contributed by atoms with E-state index < -0.39 is 5.60 Å². The molecule has 1 atom stereocenters. The molecule has 0 bridgehead atoms. The lowest BCUT2D eigenvalue weighted by molar-refractivity contribution is 0.161. The number of piperidine rings is 1. The van der Waals surface area contributed by atoms with E-state index >= 15 is 0 Å². The average Bonchev–Trinajstić information content (AvgIpc) is 3.04. The first-order chi connectivity index (χ1) is 20.4. The van der Waals surface area contributed by atoms with Crippen molar-refractivity contribution in [3.05, 3.63) is 126 Å². The van der Waals surface area contributed by atoms with Crippen LogP contribution < -0.4 is 9.64 Å². The van der Waals surface area contributed by atoms with Gasteiger partial charge in [0.05, 0.1) is 11.2 Å². The molecule has 0 saturated carbocycles. The molecule has 5 aromatic rings. The van der Waals surface area contributed by atoms with Gasteiger partial charge in [0.25, 0.3) is 0 Å². The first kappa shape index (κ1) is 26.5. The summed E-state index contributed by atoms with van der Waals surface area (Å²) >= 11 is 0. The average molecular weight is 552 g/mol. The topological polar surface area (TPSA) is 38.2 Å². The smallest absolute Gasteiger partial charge is 0.178 e. The van der Waals surface area contributed by atoms with E-state index in [2.05, 4.69) is 117 Å². The van der Waals surface area contributed by atoms with E-state index in [1.165, 1.54) is 24.9 Å². The Labute approximate surface area is 248 Å². The molecule has 1 aromatic heterocycles. The highest BCUT2D eigenvalue weighted by Gasteiger charge is 2.38. The second-order valence-corrected chi connectivity index (χ2v) is 12.5. The number of ether oxygens (including phenoxy) is 1. The first-order valence-corrected chi connectivity index (χ1v) is 15.1. The highest BCUT2D eigenvalue weighted by molar-refractivity contribution is 5.95. The molecule has 1 unspecified atom stereocenters. The third-order valence-corrected chi connectivity index (χ3v) is 8.58. The number of rotatable bonds is 4. The van der Waals surface area contributed by atoms with E-state index in [4.69, 9.17) is 14.7 Å². The minimum Gasteiger partial charge on any atom is -0.473 e. The van der Waals surface area contributed by atoms with E-state index in [0.29, 0.717) is 0 Å². The van der Waals surface area contributed by atoms with Gasteiger partial charge in [-0.2, -0.15) is 0 Å². The monoisotopic (exact) mass is 551 g/mol. The van der Waals surface area contributed by atoms with Crippen molar-refractivity contribution in [2.75, 3.05) is 18.0 Å². The second-order valence-electron chi connectivity index (χ2n) is 12.5. The van der Waals surface area contributed by atoms with Crippen molar-refractivity contribution in [3.8, 4) is 17.1 Å². The van der Waals surface area contributed by atoms with Crippen LogP contribution in [0.2, 0.25) is 0 Å². The Hall–Kier alpha value is -4.44. The standard InChI is InChI=1S/C38H37N3O/c1-37(2,3)35-34-31-23-24-38(28-15-9-5-10-16-28,29-17-19-30(20-18-29)41-25-11-6-12-26-41)42-33(31)22-21-32(34)39-36(40-35)27-13-7-4-8-14-27/h4-5,7-10,13-24H,6,11-12,25-26H2,1-3H3. The van der Waals surface area contributed by atoms with Crippen molar-refractivity contribution >= 4 is 22.7 Å². The van der Waals surface area contributed by atoms with Crippen LogP contribution in [0.1, 0.15) is 62.4 Å². The van der Waals surface area contributed by atoms with E-state index in [1.54, 1.807) is 0 Å². The van der Waals surface area contributed by atoms with Gasteiger partial charge < -0.3 is 9.64 Å². The van der Waals surface area contributed by atoms with E-state index in [-0.39, 0.29) is 5.41 Å². The Morgan fingerprint density at radius 1 is 0.714 bits per heavy atom. The molecule has 1 fully saturated rings. The lowest BCUT2D eigenvalue weighted by Crippen LogP contribution is -2.34. The van der Waals surface area contributed by atoms with Gasteiger partial charge in [-0.3, -0.25) is 0 Å². The molecule has 0 aliphatic carbocycles. The molecular formula is C38H37N3O. The number of aromatic nitrogens is 2. The number of fused-ring (bicyclic) bond motifs is 3. The van der Waals surface area contributed by atoms with Gasteiger partial charge in [0.15, 0.2) is 11.4 Å². The molecule has 0 spiro atoms. The summed E-state index contributed by atoms with van der Waals surface area (Å²) in [6.07, 6.45) is 8.30. The summed E-state index contributed by atoms with van der Waals surface area (Å²) in [5.41, 5.74) is 6.58. The number of anilines is 1. The zero-order chi connectivity index (χ0) is 28.7. The van der Waals surface area contributed by atoms with Gasteiger partial charge in [0, 0.05) is 51.8 Å². The van der Waals surface area contributed by atoms with Crippen LogP contribution in [0.25, 0.3) is 28.4 Å². The normalized spacial score (nSPS) is 18.5. The van der Waals surface area contributed by atoms with E-state index in [9.17, 15) is 0 Å². The van der Waals surface area contributed by atoms with Gasteiger partial charge in [-0.1, -0.05) is 93.6 Å². The third kappa shape index (κ3) is 4.65. The first-order valence-electron chi connectivity index (χ1n) is 15.1. The van der Waals surface area contributed by atoms with Crippen molar-refractivity contribution in [1.82, 2.24) is 9.97 Å². The molecule has 2 aliphatic heterocycles. The summed E-state index contributed by atoms with van der Waals surface area (Å²) < 4.78 is 7.11. The molecule has 0 radical (unpaired) electrons. The number of hydrogen-bond acceptors (Lipinski definition) is 4. The van der Waals surface area contributed by atoms with Crippen LogP contribution in [0, 0.1) is 0 Å². The Morgan fingerprint density at radius 3 is 2.07 bits per heavy atom. The van der Waals surface area contributed by atoms with Crippen molar-refractivity contribution in [2.24, 2.45) is 0 Å². The lowest BCUT2D eigenvalue weighted by atomic mass is 9.82. The second kappa shape index (κ2) is 10.4. The highest BCUT2D eigenvalue weighted by atomic mass is 16.5. The van der Waals surface area contributed by atoms with Crippen molar-refractivity contribution < 1.29 is 4.74 Å². The molecular weight excluding hydrogens is 514 g/mol. The zero-order valence-electron chi connectivity index (χ0n) is 24.7. The molecule has 3 heterocycles. The minimum absolute atomic E-state index is 0.189. The van der Waals surface area contributed by atoms with Crippen molar-refractivity contribution in [2.45, 2.75) is 51.0 Å². The number of benzene rings is 4. The molecule has 4 nitrogen and oxygen atoms in total. The number of nitrogens with zero attached hydrogens (tertiary/aromatic N) is 3. The van der Waals surface area contributed by atoms with Crippen LogP contribution in [-0.2, 0) is 11.0 Å². The predicted octanol–water partition coefficient (Wildman–Crippen LogP) is 8.93. The maximum atomic E-state index is 7.11. The van der Waals surface area contributed by atoms with Crippen LogP contribution in [0.3, 0.4) is 0 Å². The minimum atomic E-state index is -0.741. The van der Waals surface area contributed by atoms with Crippen molar-refractivity contribution in [3.63, 3.8) is 0 Å². The lowest BCUT2D eigenvalue weighted by Gasteiger charge is -2.37. The molecule has 42 heavy (non-hydrogen) atoms. The Morgan fingerprint density at radius 2 is 1.38 bits per heavy atom. The fourth-order valence-corrected chi connectivity index (χ4v) is 6.39. The summed E-state index contributed by atoms with van der Waals surface area (Å²) in [6, 6.07) is 33.9. The van der Waals surface area contributed by atoms with Gasteiger partial charge in [-0.15, -0.1) is 0 Å². The van der Waals surface area contributed by atoms with Gasteiger partial charge in [-0.25, -0.2) is 9.97 Å². The number of hydrogen-bond donors (Lipinski definition) is 0. The van der Waals surface area contributed by atoms with Gasteiger partial charge >= 0.3 is 0 Å². The molecule has 0 amide bonds. The Bertz CT molecular complexity index is 1750. The van der Waals surface area contributed by atoms with Crippen molar-refractivity contribution in [1.29, 1.82) is 0 Å². The molecule has 2 aliphatic rings. The molecule has 1 saturated heterocycles. The molecule has 0 N–H and O–H groups in total. The molecule has 4 aromatic carbocycles. The maximum Gasteiger partial charge on any atom is 0.178 e. The van der Waals surface area contributed by atoms with Crippen LogP contribution in [0.4, 0.5) is 5.69 Å². The summed E-state index contributed by atoms with van der Waals surface area (Å²) in [7, 11) is 0. The Balaban J connectivity index is 1.37. The van der Waals surface area contributed by atoms with Crippen LogP contribution in [-0.4, -0.2) is 23.1 Å². The largest absolute Gasteiger partial charge is 0.473 e. The van der Waals surface area contributed by atoms with Gasteiger partial charge in [-0.05, 0) is 55.7 Å². The fraction of sp³-hybridized carbons (Fsp3) is 0.263. The Kier molecular flexibility index (Phi) is 6.57. The fourth-order valence-electron chi connectivity index (χ4n) is 6.39. The molecule has 4 heteroatoms. The van der Waals surface area contributed by atoms with E-state index in [1.807, 2.05) is 18.2 Å². The summed E-state index contributed by atoms with van der Waals surface area (Å²) in [6.45, 7) is 8.91. The quantitative estimate of drug-likeness (QED) is 0.223. The highest BCUT2D eigenvalue weighted by Crippen LogP contribution is 2.46. The summed E-state index contributed by atoms with van der Waals surface area (Å²) in [4.78, 5) is 12.7. The molecule has 210 valence electrons. The van der Waals surface area contributed by atoms with Crippen LogP contribution in [0.15, 0.2) is 103 Å². The summed E-state index contributed by atoms with van der Waals surface area (Å²) in [5.74, 6) is 1.59. The van der Waals surface area contributed by atoms with Crippen LogP contribution in [0.5, 0.6) is 5.75 Å².